The third kappa shape index (κ3) is 3.14. The molecule has 1 amide bonds. The van der Waals surface area contributed by atoms with Gasteiger partial charge in [-0.05, 0) is 85.5 Å². The summed E-state index contributed by atoms with van der Waals surface area (Å²) in [5, 5.41) is 28.8. The maximum atomic E-state index is 13.8. The standard InChI is InChI=1S/C32H34N2O5/c1-38-25-15-20-5-3-2-4-19(20)14-22(25)30(36)33-23-10-11-32(37)26-16-21-8-9-24(35)28-27(21)31(32,29(23)39-28)12-13-34(26)17-18-6-7-18/h2-5,8-9,14-15,18,23,26,29,35,37H,6-7,10-13,16-17H2,1H3,(H,33,36)/t23-,26?,29+,31+,32-/m1/s1. The van der Waals surface area contributed by atoms with Crippen LogP contribution in [-0.4, -0.2) is 65.0 Å². The van der Waals surface area contributed by atoms with Crippen LogP contribution in [0.5, 0.6) is 17.2 Å². The van der Waals surface area contributed by atoms with E-state index in [0.29, 0.717) is 29.9 Å². The van der Waals surface area contributed by atoms with Crippen molar-refractivity contribution in [2.75, 3.05) is 20.2 Å². The van der Waals surface area contributed by atoms with Gasteiger partial charge in [-0.25, -0.2) is 0 Å². The van der Waals surface area contributed by atoms with Gasteiger partial charge in [0, 0.05) is 18.2 Å². The van der Waals surface area contributed by atoms with Crippen molar-refractivity contribution in [3.63, 3.8) is 0 Å². The molecule has 1 unspecified atom stereocenters. The SMILES string of the molecule is COc1cc2ccccc2cc1C(=O)N[C@@H]1CC[C@@]2(O)C3Cc4ccc(O)c5c4[C@@]2(CCN3CC2CC2)[C@H]1O5. The number of fused-ring (bicyclic) bond motifs is 1. The number of carbonyl (C=O) groups is 1. The number of methoxy groups -OCH3 is 1. The zero-order chi connectivity index (χ0) is 26.5. The quantitative estimate of drug-likeness (QED) is 0.467. The molecule has 8 rings (SSSR count). The van der Waals surface area contributed by atoms with Crippen LogP contribution in [0.1, 0.15) is 53.6 Å². The summed E-state index contributed by atoms with van der Waals surface area (Å²) in [6.07, 6.45) is 4.77. The third-order valence-electron chi connectivity index (χ3n) is 10.4. The minimum absolute atomic E-state index is 0.0122. The maximum absolute atomic E-state index is 13.8. The Hall–Kier alpha value is -3.29. The number of benzene rings is 3. The summed E-state index contributed by atoms with van der Waals surface area (Å²) in [5.74, 6) is 1.65. The monoisotopic (exact) mass is 526 g/mol. The Morgan fingerprint density at radius 3 is 2.69 bits per heavy atom. The predicted molar refractivity (Wildman–Crippen MR) is 147 cm³/mol. The zero-order valence-electron chi connectivity index (χ0n) is 22.2. The third-order valence-corrected chi connectivity index (χ3v) is 10.4. The molecule has 2 heterocycles. The molecular formula is C32H34N2O5. The van der Waals surface area contributed by atoms with Crippen molar-refractivity contribution in [2.45, 2.75) is 67.7 Å². The highest BCUT2D eigenvalue weighted by atomic mass is 16.5. The number of hydrogen-bond donors (Lipinski definition) is 3. The fourth-order valence-corrected chi connectivity index (χ4v) is 8.44. The van der Waals surface area contributed by atoms with E-state index in [1.54, 1.807) is 13.2 Å². The van der Waals surface area contributed by atoms with E-state index < -0.39 is 17.1 Å². The van der Waals surface area contributed by atoms with Crippen LogP contribution >= 0.6 is 0 Å². The second-order valence-corrected chi connectivity index (χ2v) is 12.3. The molecule has 39 heavy (non-hydrogen) atoms. The first kappa shape index (κ1) is 23.6. The molecule has 1 saturated heterocycles. The number of piperidine rings is 1. The molecule has 2 saturated carbocycles. The van der Waals surface area contributed by atoms with E-state index in [1.807, 2.05) is 42.5 Å². The first-order chi connectivity index (χ1) is 18.9. The molecule has 0 radical (unpaired) electrons. The summed E-state index contributed by atoms with van der Waals surface area (Å²) in [4.78, 5) is 16.3. The van der Waals surface area contributed by atoms with Crippen LogP contribution in [0.3, 0.4) is 0 Å². The Morgan fingerprint density at radius 2 is 1.92 bits per heavy atom. The Kier molecular flexibility index (Phi) is 4.91. The minimum Gasteiger partial charge on any atom is -0.504 e. The van der Waals surface area contributed by atoms with Crippen LogP contribution in [0, 0.1) is 5.92 Å². The van der Waals surface area contributed by atoms with Crippen LogP contribution in [0.25, 0.3) is 10.8 Å². The van der Waals surface area contributed by atoms with Crippen molar-refractivity contribution in [2.24, 2.45) is 5.92 Å². The van der Waals surface area contributed by atoms with Gasteiger partial charge in [0.25, 0.3) is 5.91 Å². The molecule has 3 fully saturated rings. The molecule has 5 aliphatic rings. The Morgan fingerprint density at radius 1 is 1.13 bits per heavy atom. The number of likely N-dealkylation sites (tertiary alicyclic amines) is 1. The molecule has 1 spiro atoms. The first-order valence-corrected chi connectivity index (χ1v) is 14.3. The number of ether oxygens (including phenoxy) is 2. The molecule has 0 aromatic heterocycles. The number of nitrogens with one attached hydrogen (secondary N) is 1. The topological polar surface area (TPSA) is 91.3 Å². The molecule has 3 aliphatic carbocycles. The smallest absolute Gasteiger partial charge is 0.255 e. The summed E-state index contributed by atoms with van der Waals surface area (Å²) in [6, 6.07) is 15.1. The lowest BCUT2D eigenvalue weighted by molar-refractivity contribution is -0.191. The average molecular weight is 527 g/mol. The van der Waals surface area contributed by atoms with Gasteiger partial charge in [0.1, 0.15) is 11.9 Å². The number of hydrogen-bond acceptors (Lipinski definition) is 6. The molecular weight excluding hydrogens is 492 g/mol. The van der Waals surface area contributed by atoms with E-state index in [-0.39, 0.29) is 23.7 Å². The lowest BCUT2D eigenvalue weighted by Gasteiger charge is -2.64. The lowest BCUT2D eigenvalue weighted by atomic mass is 9.48. The lowest BCUT2D eigenvalue weighted by Crippen LogP contribution is -2.78. The summed E-state index contributed by atoms with van der Waals surface area (Å²) < 4.78 is 12.2. The highest BCUT2D eigenvalue weighted by Crippen LogP contribution is 2.65. The molecule has 7 nitrogen and oxygen atoms in total. The summed E-state index contributed by atoms with van der Waals surface area (Å²) in [6.45, 7) is 1.92. The Bertz CT molecular complexity index is 1520. The van der Waals surface area contributed by atoms with E-state index in [2.05, 4.69) is 10.2 Å². The summed E-state index contributed by atoms with van der Waals surface area (Å²) in [5.41, 5.74) is 0.972. The molecule has 3 N–H and O–H groups in total. The van der Waals surface area contributed by atoms with Crippen molar-refractivity contribution in [3.8, 4) is 17.2 Å². The van der Waals surface area contributed by atoms with Gasteiger partial charge in [-0.15, -0.1) is 0 Å². The maximum Gasteiger partial charge on any atom is 0.255 e. The van der Waals surface area contributed by atoms with Crippen LogP contribution < -0.4 is 14.8 Å². The highest BCUT2D eigenvalue weighted by Gasteiger charge is 2.73. The van der Waals surface area contributed by atoms with Gasteiger partial charge in [0.15, 0.2) is 11.5 Å². The van der Waals surface area contributed by atoms with Crippen molar-refractivity contribution in [1.82, 2.24) is 10.2 Å². The van der Waals surface area contributed by atoms with Gasteiger partial charge in [0.2, 0.25) is 0 Å². The van der Waals surface area contributed by atoms with Crippen molar-refractivity contribution < 1.29 is 24.5 Å². The second kappa shape index (κ2) is 8.12. The predicted octanol–water partition coefficient (Wildman–Crippen LogP) is 3.92. The van der Waals surface area contributed by atoms with Crippen LogP contribution in [0.4, 0.5) is 0 Å². The highest BCUT2D eigenvalue weighted by molar-refractivity contribution is 6.01. The summed E-state index contributed by atoms with van der Waals surface area (Å²) in [7, 11) is 1.58. The van der Waals surface area contributed by atoms with Gasteiger partial charge < -0.3 is 25.0 Å². The molecule has 2 bridgehead atoms. The Balaban J connectivity index is 1.18. The van der Waals surface area contributed by atoms with Crippen molar-refractivity contribution in [3.05, 3.63) is 65.2 Å². The number of phenols is 1. The van der Waals surface area contributed by atoms with E-state index >= 15 is 0 Å². The van der Waals surface area contributed by atoms with Crippen molar-refractivity contribution in [1.29, 1.82) is 0 Å². The largest absolute Gasteiger partial charge is 0.504 e. The molecule has 3 aromatic rings. The van der Waals surface area contributed by atoms with Crippen LogP contribution in [0.2, 0.25) is 0 Å². The molecule has 7 heteroatoms. The van der Waals surface area contributed by atoms with Crippen LogP contribution in [-0.2, 0) is 11.8 Å². The number of nitrogens with zero attached hydrogens (tertiary/aromatic N) is 1. The molecule has 3 aromatic carbocycles. The second-order valence-electron chi connectivity index (χ2n) is 12.3. The summed E-state index contributed by atoms with van der Waals surface area (Å²) >= 11 is 0. The number of amides is 1. The van der Waals surface area contributed by atoms with Gasteiger partial charge in [-0.2, -0.15) is 0 Å². The number of aromatic hydroxyl groups is 1. The fraction of sp³-hybridized carbons (Fsp3) is 0.469. The van der Waals surface area contributed by atoms with Crippen molar-refractivity contribution >= 4 is 16.7 Å². The van der Waals surface area contributed by atoms with Crippen LogP contribution in [0.15, 0.2) is 48.5 Å². The van der Waals surface area contributed by atoms with E-state index in [9.17, 15) is 15.0 Å². The molecule has 5 atom stereocenters. The minimum atomic E-state index is -0.973. The number of rotatable bonds is 5. The number of phenolic OH excluding ortho intramolecular Hbond substituents is 1. The van der Waals surface area contributed by atoms with E-state index in [4.69, 9.17) is 9.47 Å². The van der Waals surface area contributed by atoms with Gasteiger partial charge in [0.05, 0.1) is 29.7 Å². The number of carbonyl (C=O) groups excluding carboxylic acids is 1. The van der Waals surface area contributed by atoms with E-state index in [0.717, 1.165) is 53.7 Å². The normalized spacial score (nSPS) is 32.4. The van der Waals surface area contributed by atoms with Gasteiger partial charge in [-0.3, -0.25) is 9.69 Å². The zero-order valence-corrected chi connectivity index (χ0v) is 22.2. The van der Waals surface area contributed by atoms with Gasteiger partial charge >= 0.3 is 0 Å². The number of aliphatic hydroxyl groups is 1. The fourth-order valence-electron chi connectivity index (χ4n) is 8.44. The van der Waals surface area contributed by atoms with E-state index in [1.165, 1.54) is 12.8 Å². The first-order valence-electron chi connectivity index (χ1n) is 14.3. The molecule has 202 valence electrons. The van der Waals surface area contributed by atoms with Gasteiger partial charge in [-0.1, -0.05) is 30.3 Å². The average Bonchev–Trinajstić information content (AvgIpc) is 3.69. The molecule has 2 aliphatic heterocycles. The Labute approximate surface area is 227 Å².